The summed E-state index contributed by atoms with van der Waals surface area (Å²) >= 11 is 0. The van der Waals surface area contributed by atoms with Crippen molar-refractivity contribution >= 4 is 17.7 Å². The Bertz CT molecular complexity index is 1440. The van der Waals surface area contributed by atoms with Crippen LogP contribution in [0.3, 0.4) is 0 Å². The minimum absolute atomic E-state index is 0.0335. The highest BCUT2D eigenvalue weighted by Crippen LogP contribution is 2.37. The maximum atomic E-state index is 13.3. The van der Waals surface area contributed by atoms with Crippen LogP contribution in [0.2, 0.25) is 0 Å². The molecule has 6 rings (SSSR count). The van der Waals surface area contributed by atoms with Crippen molar-refractivity contribution in [2.75, 3.05) is 19.7 Å². The zero-order valence-corrected chi connectivity index (χ0v) is 23.3. The van der Waals surface area contributed by atoms with Crippen molar-refractivity contribution in [3.63, 3.8) is 0 Å². The number of rotatable bonds is 7. The van der Waals surface area contributed by atoms with Crippen molar-refractivity contribution in [3.05, 3.63) is 41.2 Å². The van der Waals surface area contributed by atoms with Crippen LogP contribution in [-0.4, -0.2) is 90.7 Å². The van der Waals surface area contributed by atoms with E-state index in [1.807, 2.05) is 6.08 Å². The zero-order chi connectivity index (χ0) is 30.3. The van der Waals surface area contributed by atoms with Crippen molar-refractivity contribution in [1.29, 1.82) is 0 Å². The second-order valence-corrected chi connectivity index (χ2v) is 11.6. The van der Waals surface area contributed by atoms with Crippen molar-refractivity contribution in [2.45, 2.75) is 75.9 Å². The molecule has 2 aromatic rings. The number of phenolic OH excluding ortho intramolecular Hbond substituents is 1. The molecule has 0 saturated carbocycles. The van der Waals surface area contributed by atoms with Crippen molar-refractivity contribution in [3.8, 4) is 11.4 Å². The summed E-state index contributed by atoms with van der Waals surface area (Å²) in [5.74, 6) is -2.23. The number of carbonyl (C=O) groups is 3. The van der Waals surface area contributed by atoms with Gasteiger partial charge in [0.25, 0.3) is 11.7 Å². The molecule has 15 heteroatoms. The maximum absolute atomic E-state index is 13.3. The van der Waals surface area contributed by atoms with E-state index in [0.29, 0.717) is 54.8 Å². The van der Waals surface area contributed by atoms with E-state index in [1.54, 1.807) is 4.90 Å². The van der Waals surface area contributed by atoms with Gasteiger partial charge in [0.15, 0.2) is 0 Å². The first-order chi connectivity index (χ1) is 20.6. The van der Waals surface area contributed by atoms with Gasteiger partial charge in [-0.15, -0.1) is 5.10 Å². The molecule has 3 aliphatic heterocycles. The van der Waals surface area contributed by atoms with E-state index in [1.165, 1.54) is 18.2 Å². The van der Waals surface area contributed by atoms with Gasteiger partial charge in [-0.25, -0.2) is 0 Å². The summed E-state index contributed by atoms with van der Waals surface area (Å²) in [5.41, 5.74) is 1.25. The normalized spacial score (nSPS) is 26.8. The number of aromatic hydroxyl groups is 1. The molecule has 0 bridgehead atoms. The molecule has 4 aliphatic rings. The third kappa shape index (κ3) is 6.00. The lowest BCUT2D eigenvalue weighted by atomic mass is 9.88. The highest BCUT2D eigenvalue weighted by atomic mass is 19.4. The Balaban J connectivity index is 1.08. The monoisotopic (exact) mass is 603 g/mol. The first-order valence-corrected chi connectivity index (χ1v) is 14.5. The zero-order valence-electron chi connectivity index (χ0n) is 23.3. The fourth-order valence-corrected chi connectivity index (χ4v) is 6.56. The Labute approximate surface area is 244 Å². The van der Waals surface area contributed by atoms with Crippen LogP contribution in [0.25, 0.3) is 5.69 Å². The molecule has 3 amide bonds. The van der Waals surface area contributed by atoms with Crippen molar-refractivity contribution < 1.29 is 37.4 Å². The molecule has 3 fully saturated rings. The van der Waals surface area contributed by atoms with Gasteiger partial charge in [-0.2, -0.15) is 17.9 Å². The molecule has 4 atom stereocenters. The largest absolute Gasteiger partial charge is 0.508 e. The number of phenols is 1. The third-order valence-corrected chi connectivity index (χ3v) is 8.78. The van der Waals surface area contributed by atoms with Gasteiger partial charge in [0.1, 0.15) is 11.8 Å². The molecule has 12 nitrogen and oxygen atoms in total. The van der Waals surface area contributed by atoms with Crippen LogP contribution in [0.15, 0.2) is 29.8 Å². The van der Waals surface area contributed by atoms with E-state index >= 15 is 0 Å². The Hall–Kier alpha value is -3.85. The predicted molar refractivity (Wildman–Crippen MR) is 142 cm³/mol. The molecule has 1 aliphatic carbocycles. The number of aromatic nitrogens is 4. The standard InChI is InChI=1S/C28H32F3N7O5/c29-28(30,31)27-33-34-35-38(27)18-4-8-23(39)17(11-18)13-36-10-2-1-3-19(36)15-43-20-5-6-21-16(12-20)14-37(26(21)42)22-7-9-24(40)32-25(22)41/h4,6,8,11,16,19-20,22,39H,1-3,5,7,9-10,12-15H2,(H,32,40,41). The van der Waals surface area contributed by atoms with Crippen LogP contribution in [-0.2, 0) is 31.8 Å². The number of likely N-dealkylation sites (tertiary alicyclic amines) is 2. The number of carbonyl (C=O) groups excluding carboxylic acids is 3. The number of amides is 3. The summed E-state index contributed by atoms with van der Waals surface area (Å²) in [4.78, 5) is 40.7. The molecule has 4 heterocycles. The molecule has 1 aromatic heterocycles. The number of hydrogen-bond donors (Lipinski definition) is 2. The first kappa shape index (κ1) is 29.2. The average molecular weight is 604 g/mol. The lowest BCUT2D eigenvalue weighted by Crippen LogP contribution is -2.53. The Morgan fingerprint density at radius 2 is 1.98 bits per heavy atom. The summed E-state index contributed by atoms with van der Waals surface area (Å²) < 4.78 is 47.0. The number of tetrazole rings is 1. The Morgan fingerprint density at radius 1 is 1.14 bits per heavy atom. The number of fused-ring (bicyclic) bond motifs is 1. The number of ether oxygens (including phenoxy) is 1. The summed E-state index contributed by atoms with van der Waals surface area (Å²) in [6, 6.07) is 3.54. The fourth-order valence-electron chi connectivity index (χ4n) is 6.56. The van der Waals surface area contributed by atoms with Crippen LogP contribution in [0, 0.1) is 5.92 Å². The summed E-state index contributed by atoms with van der Waals surface area (Å²) in [5, 5.41) is 22.6. The molecule has 1 aromatic carbocycles. The van der Waals surface area contributed by atoms with E-state index in [-0.39, 0.29) is 47.7 Å². The number of nitrogens with one attached hydrogen (secondary N) is 1. The number of imide groups is 1. The summed E-state index contributed by atoms with van der Waals surface area (Å²) in [6.45, 7) is 1.89. The van der Waals surface area contributed by atoms with Gasteiger partial charge < -0.3 is 14.7 Å². The molecule has 4 unspecified atom stereocenters. The van der Waals surface area contributed by atoms with Crippen LogP contribution >= 0.6 is 0 Å². The number of benzene rings is 1. The molecular formula is C28H32F3N7O5. The second kappa shape index (κ2) is 11.7. The van der Waals surface area contributed by atoms with Gasteiger partial charge in [-0.3, -0.25) is 24.6 Å². The Morgan fingerprint density at radius 3 is 2.77 bits per heavy atom. The highest BCUT2D eigenvalue weighted by Gasteiger charge is 2.45. The quantitative estimate of drug-likeness (QED) is 0.455. The van der Waals surface area contributed by atoms with E-state index in [4.69, 9.17) is 4.74 Å². The van der Waals surface area contributed by atoms with Crippen LogP contribution in [0.1, 0.15) is 56.3 Å². The van der Waals surface area contributed by atoms with E-state index in [9.17, 15) is 32.7 Å². The predicted octanol–water partition coefficient (Wildman–Crippen LogP) is 2.11. The first-order valence-electron chi connectivity index (χ1n) is 14.5. The number of hydrogen-bond acceptors (Lipinski definition) is 9. The summed E-state index contributed by atoms with van der Waals surface area (Å²) in [7, 11) is 0. The topological polar surface area (TPSA) is 143 Å². The molecule has 43 heavy (non-hydrogen) atoms. The molecule has 0 radical (unpaired) electrons. The number of piperidine rings is 2. The van der Waals surface area contributed by atoms with E-state index in [2.05, 4.69) is 25.7 Å². The van der Waals surface area contributed by atoms with Crippen molar-refractivity contribution in [1.82, 2.24) is 35.3 Å². The molecular weight excluding hydrogens is 571 g/mol. The molecule has 2 N–H and O–H groups in total. The average Bonchev–Trinajstić information content (AvgIpc) is 3.59. The van der Waals surface area contributed by atoms with Crippen LogP contribution in [0.5, 0.6) is 5.75 Å². The van der Waals surface area contributed by atoms with Gasteiger partial charge in [-0.1, -0.05) is 12.5 Å². The third-order valence-electron chi connectivity index (χ3n) is 8.78. The van der Waals surface area contributed by atoms with E-state index in [0.717, 1.165) is 25.8 Å². The second-order valence-electron chi connectivity index (χ2n) is 11.6. The smallest absolute Gasteiger partial charge is 0.453 e. The number of nitrogens with zero attached hydrogens (tertiary/aromatic N) is 6. The molecule has 0 spiro atoms. The van der Waals surface area contributed by atoms with Gasteiger partial charge in [0.2, 0.25) is 11.8 Å². The SMILES string of the molecule is O=C1CCC(N2CC3CC(OCC4CCCCN4Cc4cc(-n5nnnc5C(F)(F)F)ccc4O)CC=C3C2=O)C(=O)N1. The molecule has 3 saturated heterocycles. The lowest BCUT2D eigenvalue weighted by Gasteiger charge is -2.37. The van der Waals surface area contributed by atoms with Gasteiger partial charge in [0, 0.05) is 42.6 Å². The van der Waals surface area contributed by atoms with Gasteiger partial charge in [0.05, 0.1) is 18.4 Å². The number of halogens is 3. The minimum Gasteiger partial charge on any atom is -0.508 e. The Kier molecular flexibility index (Phi) is 7.94. The van der Waals surface area contributed by atoms with Crippen molar-refractivity contribution in [2.24, 2.45) is 5.92 Å². The minimum atomic E-state index is -4.74. The highest BCUT2D eigenvalue weighted by molar-refractivity contribution is 6.04. The fraction of sp³-hybridized carbons (Fsp3) is 0.571. The van der Waals surface area contributed by atoms with Crippen LogP contribution < -0.4 is 5.32 Å². The number of alkyl halides is 3. The summed E-state index contributed by atoms with van der Waals surface area (Å²) in [6.07, 6.45) is 1.63. The molecule has 230 valence electrons. The lowest BCUT2D eigenvalue weighted by molar-refractivity contribution is -0.146. The van der Waals surface area contributed by atoms with Crippen LogP contribution in [0.4, 0.5) is 13.2 Å². The van der Waals surface area contributed by atoms with Gasteiger partial charge >= 0.3 is 6.18 Å². The van der Waals surface area contributed by atoms with Gasteiger partial charge in [-0.05, 0) is 67.3 Å². The maximum Gasteiger partial charge on any atom is 0.453 e. The van der Waals surface area contributed by atoms with E-state index < -0.39 is 23.9 Å².